The zero-order valence-electron chi connectivity index (χ0n) is 13.2. The number of fused-ring (bicyclic) bond motifs is 2. The number of aromatic nitrogens is 3. The van der Waals surface area contributed by atoms with Gasteiger partial charge >= 0.3 is 5.97 Å². The van der Waals surface area contributed by atoms with Crippen LogP contribution in [0.1, 0.15) is 17.5 Å². The van der Waals surface area contributed by atoms with E-state index in [2.05, 4.69) is 43.1 Å². The van der Waals surface area contributed by atoms with E-state index in [1.54, 1.807) is 31.6 Å². The minimum atomic E-state index is -0.518. The van der Waals surface area contributed by atoms with Crippen molar-refractivity contribution in [2.24, 2.45) is 0 Å². The largest absolute Gasteiger partial charge is 0.460 e. The molecule has 0 saturated carbocycles. The van der Waals surface area contributed by atoms with Crippen molar-refractivity contribution in [3.63, 3.8) is 0 Å². The van der Waals surface area contributed by atoms with Gasteiger partial charge in [-0.1, -0.05) is 0 Å². The van der Waals surface area contributed by atoms with Gasteiger partial charge in [-0.25, -0.2) is 4.79 Å². The van der Waals surface area contributed by atoms with Crippen LogP contribution in [-0.2, 0) is 4.74 Å². The highest BCUT2D eigenvalue weighted by Crippen LogP contribution is 2.36. The zero-order chi connectivity index (χ0) is 17.4. The molecule has 4 rings (SSSR count). The molecule has 0 spiro atoms. The predicted molar refractivity (Wildman–Crippen MR) is 102 cm³/mol. The number of carbonyl (C=O) groups is 1. The smallest absolute Gasteiger partial charge is 0.376 e. The lowest BCUT2D eigenvalue weighted by Gasteiger charge is -2.09. The van der Waals surface area contributed by atoms with Crippen molar-refractivity contribution in [3.05, 3.63) is 46.1 Å². The maximum atomic E-state index is 12.3. The van der Waals surface area contributed by atoms with Crippen LogP contribution in [0.25, 0.3) is 21.9 Å². The third-order valence-corrected chi connectivity index (χ3v) is 4.68. The molecule has 0 unspecified atom stereocenters. The van der Waals surface area contributed by atoms with Gasteiger partial charge in [0.25, 0.3) is 0 Å². The minimum Gasteiger partial charge on any atom is -0.460 e. The van der Waals surface area contributed by atoms with E-state index in [1.807, 2.05) is 12.1 Å². The molecular formula is C17H13IN4O3. The summed E-state index contributed by atoms with van der Waals surface area (Å²) in [6, 6.07) is 5.70. The number of aromatic amines is 1. The average Bonchev–Trinajstić information content (AvgIpc) is 3.24. The van der Waals surface area contributed by atoms with Crippen LogP contribution in [-0.4, -0.2) is 27.8 Å². The predicted octanol–water partition coefficient (Wildman–Crippen LogP) is 4.23. The van der Waals surface area contributed by atoms with E-state index in [0.29, 0.717) is 11.3 Å². The summed E-state index contributed by atoms with van der Waals surface area (Å²) in [5.74, 6) is -0.393. The summed E-state index contributed by atoms with van der Waals surface area (Å²) in [6.45, 7) is 2.02. The Labute approximate surface area is 155 Å². The van der Waals surface area contributed by atoms with Crippen molar-refractivity contribution >= 4 is 61.8 Å². The maximum Gasteiger partial charge on any atom is 0.376 e. The normalized spacial score (nSPS) is 11.1. The molecule has 0 aliphatic heterocycles. The molecular weight excluding hydrogens is 435 g/mol. The minimum absolute atomic E-state index is 0.125. The fourth-order valence-electron chi connectivity index (χ4n) is 2.66. The van der Waals surface area contributed by atoms with Crippen LogP contribution in [0.3, 0.4) is 0 Å². The summed E-state index contributed by atoms with van der Waals surface area (Å²) < 4.78 is 11.9. The lowest BCUT2D eigenvalue weighted by atomic mass is 10.2. The summed E-state index contributed by atoms with van der Waals surface area (Å²) in [5, 5.41) is 12.1. The van der Waals surface area contributed by atoms with Crippen molar-refractivity contribution in [2.75, 3.05) is 11.9 Å². The van der Waals surface area contributed by atoms with Gasteiger partial charge in [-0.3, -0.25) is 10.1 Å². The SMILES string of the molecule is CCOC(=O)c1oc2cnccc2c1Nc1ccc(I)c2[nH]ncc12. The average molecular weight is 448 g/mol. The van der Waals surface area contributed by atoms with E-state index in [-0.39, 0.29) is 12.4 Å². The van der Waals surface area contributed by atoms with Crippen molar-refractivity contribution in [2.45, 2.75) is 6.92 Å². The molecule has 25 heavy (non-hydrogen) atoms. The van der Waals surface area contributed by atoms with Gasteiger partial charge in [0, 0.05) is 26.2 Å². The Kier molecular flexibility index (Phi) is 4.04. The summed E-state index contributed by atoms with van der Waals surface area (Å²) in [7, 11) is 0. The van der Waals surface area contributed by atoms with E-state index in [4.69, 9.17) is 9.15 Å². The molecule has 3 heterocycles. The van der Waals surface area contributed by atoms with Gasteiger partial charge in [0.05, 0.1) is 24.5 Å². The van der Waals surface area contributed by atoms with Crippen LogP contribution in [0.4, 0.5) is 11.4 Å². The Morgan fingerprint density at radius 2 is 2.20 bits per heavy atom. The molecule has 1 aromatic carbocycles. The molecule has 0 saturated heterocycles. The number of H-pyrrole nitrogens is 1. The van der Waals surface area contributed by atoms with Crippen LogP contribution in [0.2, 0.25) is 0 Å². The third-order valence-electron chi connectivity index (χ3n) is 3.78. The fraction of sp³-hybridized carbons (Fsp3) is 0.118. The highest BCUT2D eigenvalue weighted by atomic mass is 127. The second kappa shape index (κ2) is 6.36. The van der Waals surface area contributed by atoms with Crippen LogP contribution < -0.4 is 5.32 Å². The first kappa shape index (κ1) is 15.9. The topological polar surface area (TPSA) is 93.0 Å². The fourth-order valence-corrected chi connectivity index (χ4v) is 3.25. The highest BCUT2D eigenvalue weighted by molar-refractivity contribution is 14.1. The van der Waals surface area contributed by atoms with E-state index >= 15 is 0 Å². The number of ether oxygens (including phenoxy) is 1. The summed E-state index contributed by atoms with van der Waals surface area (Å²) >= 11 is 2.24. The maximum absolute atomic E-state index is 12.3. The van der Waals surface area contributed by atoms with Gasteiger partial charge in [-0.05, 0) is 47.7 Å². The number of pyridine rings is 1. The van der Waals surface area contributed by atoms with Gasteiger partial charge in [-0.15, -0.1) is 0 Å². The van der Waals surface area contributed by atoms with E-state index in [9.17, 15) is 4.79 Å². The van der Waals surface area contributed by atoms with Crippen LogP contribution >= 0.6 is 22.6 Å². The van der Waals surface area contributed by atoms with Crippen LogP contribution in [0, 0.1) is 3.57 Å². The number of carbonyl (C=O) groups excluding carboxylic acids is 1. The van der Waals surface area contributed by atoms with Crippen molar-refractivity contribution in [1.82, 2.24) is 15.2 Å². The molecule has 0 bridgehead atoms. The molecule has 0 fully saturated rings. The monoisotopic (exact) mass is 448 g/mol. The lowest BCUT2D eigenvalue weighted by Crippen LogP contribution is -2.06. The molecule has 0 radical (unpaired) electrons. The molecule has 0 atom stereocenters. The Morgan fingerprint density at radius 1 is 1.32 bits per heavy atom. The second-order valence-corrected chi connectivity index (χ2v) is 6.44. The molecule has 0 aliphatic rings. The first-order valence-corrected chi connectivity index (χ1v) is 8.69. The van der Waals surface area contributed by atoms with Gasteiger partial charge in [0.2, 0.25) is 5.76 Å². The molecule has 2 N–H and O–H groups in total. The number of rotatable bonds is 4. The van der Waals surface area contributed by atoms with Crippen molar-refractivity contribution in [1.29, 1.82) is 0 Å². The number of esters is 1. The molecule has 126 valence electrons. The van der Waals surface area contributed by atoms with Gasteiger partial charge in [0.15, 0.2) is 5.58 Å². The molecule has 0 aliphatic carbocycles. The van der Waals surface area contributed by atoms with Gasteiger partial charge in [-0.2, -0.15) is 5.10 Å². The quantitative estimate of drug-likeness (QED) is 0.359. The Morgan fingerprint density at radius 3 is 3.04 bits per heavy atom. The number of furan rings is 1. The van der Waals surface area contributed by atoms with Crippen molar-refractivity contribution < 1.29 is 13.9 Å². The summed E-state index contributed by atoms with van der Waals surface area (Å²) in [5.41, 5.74) is 2.81. The number of hydrogen-bond acceptors (Lipinski definition) is 6. The van der Waals surface area contributed by atoms with Gasteiger partial charge < -0.3 is 14.5 Å². The molecule has 0 amide bonds. The molecule has 7 nitrogen and oxygen atoms in total. The van der Waals surface area contributed by atoms with Gasteiger partial charge in [0.1, 0.15) is 5.69 Å². The first-order chi connectivity index (χ1) is 12.2. The molecule has 8 heteroatoms. The second-order valence-electron chi connectivity index (χ2n) is 5.28. The Balaban J connectivity index is 1.87. The summed E-state index contributed by atoms with van der Waals surface area (Å²) in [4.78, 5) is 16.3. The van der Waals surface area contributed by atoms with Crippen LogP contribution in [0.15, 0.2) is 41.2 Å². The number of hydrogen-bond donors (Lipinski definition) is 2. The Hall–Kier alpha value is -2.62. The van der Waals surface area contributed by atoms with E-state index < -0.39 is 5.97 Å². The number of nitrogens with zero attached hydrogens (tertiary/aromatic N) is 2. The summed E-state index contributed by atoms with van der Waals surface area (Å²) in [6.07, 6.45) is 4.97. The number of nitrogens with one attached hydrogen (secondary N) is 2. The standard InChI is InChI=1S/C17H13IN4O3/c1-2-24-17(23)16-15(9-5-6-19-8-13(9)25-16)21-12-4-3-11(18)14-10(12)7-20-22-14/h3-8,21H,2H2,1H3,(H,20,22). The highest BCUT2D eigenvalue weighted by Gasteiger charge is 2.22. The van der Waals surface area contributed by atoms with E-state index in [1.165, 1.54) is 0 Å². The number of benzene rings is 1. The zero-order valence-corrected chi connectivity index (χ0v) is 15.3. The number of anilines is 2. The molecule has 3 aromatic heterocycles. The third kappa shape index (κ3) is 2.72. The molecule has 4 aromatic rings. The van der Waals surface area contributed by atoms with E-state index in [0.717, 1.165) is 25.5 Å². The first-order valence-electron chi connectivity index (χ1n) is 7.61. The number of halogens is 1. The Bertz CT molecular complexity index is 1090. The lowest BCUT2D eigenvalue weighted by molar-refractivity contribution is 0.0494. The van der Waals surface area contributed by atoms with Crippen molar-refractivity contribution in [3.8, 4) is 0 Å². The van der Waals surface area contributed by atoms with Crippen LogP contribution in [0.5, 0.6) is 0 Å².